The third kappa shape index (κ3) is 6.74. The van der Waals surface area contributed by atoms with E-state index in [9.17, 15) is 14.7 Å². The van der Waals surface area contributed by atoms with Gasteiger partial charge in [-0.05, 0) is 44.4 Å². The highest BCUT2D eigenvalue weighted by Gasteiger charge is 2.43. The number of carbonyl (C=O) groups excluding carboxylic acids is 2. The number of ether oxygens (including phenoxy) is 2. The fourth-order valence-corrected chi connectivity index (χ4v) is 4.17. The molecule has 1 fully saturated rings. The summed E-state index contributed by atoms with van der Waals surface area (Å²) in [6, 6.07) is 6.71. The number of rotatable bonds is 6. The summed E-state index contributed by atoms with van der Waals surface area (Å²) in [4.78, 5) is 36.0. The lowest BCUT2D eigenvalue weighted by Gasteiger charge is -2.35. The molecule has 11 heteroatoms. The minimum Gasteiger partial charge on any atom is -0.453 e. The number of benzene rings is 1. The Labute approximate surface area is 214 Å². The van der Waals surface area contributed by atoms with Crippen LogP contribution in [0.1, 0.15) is 46.5 Å². The molecule has 3 rings (SSSR count). The molecule has 0 saturated carbocycles. The van der Waals surface area contributed by atoms with Crippen molar-refractivity contribution in [3.05, 3.63) is 40.8 Å². The van der Waals surface area contributed by atoms with Crippen LogP contribution >= 0.6 is 15.9 Å². The maximum atomic E-state index is 12.9. The van der Waals surface area contributed by atoms with Gasteiger partial charge in [0.2, 0.25) is 0 Å². The van der Waals surface area contributed by atoms with Gasteiger partial charge in [0.1, 0.15) is 17.7 Å². The number of nitrogens with one attached hydrogen (secondary N) is 2. The zero-order chi connectivity index (χ0) is 25.9. The molecule has 192 valence electrons. The van der Waals surface area contributed by atoms with E-state index in [0.717, 1.165) is 15.7 Å². The smallest absolute Gasteiger partial charge is 0.411 e. The molecule has 2 amide bonds. The predicted molar refractivity (Wildman–Crippen MR) is 134 cm³/mol. The number of hydrogen-bond acceptors (Lipinski definition) is 7. The lowest BCUT2D eigenvalue weighted by molar-refractivity contribution is -0.0498. The minimum absolute atomic E-state index is 0.0983. The number of methoxy groups -OCH3 is 1. The van der Waals surface area contributed by atoms with E-state index in [1.165, 1.54) is 12.0 Å². The van der Waals surface area contributed by atoms with Crippen molar-refractivity contribution in [1.29, 1.82) is 0 Å². The lowest BCUT2D eigenvalue weighted by atomic mass is 10.0. The van der Waals surface area contributed by atoms with Gasteiger partial charge >= 0.3 is 12.2 Å². The van der Waals surface area contributed by atoms with Crippen molar-refractivity contribution < 1.29 is 24.2 Å². The summed E-state index contributed by atoms with van der Waals surface area (Å²) in [5.41, 5.74) is 1.10. The number of hydrogen-bond donors (Lipinski definition) is 3. The summed E-state index contributed by atoms with van der Waals surface area (Å²) in [6.45, 7) is 9.53. The van der Waals surface area contributed by atoms with Crippen molar-refractivity contribution in [3.63, 3.8) is 0 Å². The SMILES string of the molecule is COC(=O)N[C@@H](C(C)C)C(O)N1CN(C(=O)OC(C)(C)C)C[C@H]1c1ncc(-c2ccc(Br)cc2)[nH]1. The molecule has 1 unspecified atom stereocenters. The van der Waals surface area contributed by atoms with Gasteiger partial charge in [0.15, 0.2) is 0 Å². The van der Waals surface area contributed by atoms with Crippen LogP contribution in [0, 0.1) is 5.92 Å². The van der Waals surface area contributed by atoms with Crippen LogP contribution in [0.15, 0.2) is 34.9 Å². The molecule has 1 aromatic heterocycles. The molecule has 35 heavy (non-hydrogen) atoms. The van der Waals surface area contributed by atoms with E-state index >= 15 is 0 Å². The predicted octanol–water partition coefficient (Wildman–Crippen LogP) is 4.09. The van der Waals surface area contributed by atoms with Crippen molar-refractivity contribution >= 4 is 28.1 Å². The number of aromatic amines is 1. The molecule has 2 heterocycles. The first kappa shape index (κ1) is 27.0. The Bertz CT molecular complexity index is 1020. The minimum atomic E-state index is -1.12. The fourth-order valence-electron chi connectivity index (χ4n) is 3.91. The van der Waals surface area contributed by atoms with E-state index in [-0.39, 0.29) is 19.1 Å². The van der Waals surface area contributed by atoms with Crippen LogP contribution in [0.3, 0.4) is 0 Å². The molecule has 0 spiro atoms. The largest absolute Gasteiger partial charge is 0.453 e. The number of imidazole rings is 1. The van der Waals surface area contributed by atoms with Crippen LogP contribution in [-0.2, 0) is 9.47 Å². The first-order valence-corrected chi connectivity index (χ1v) is 12.3. The van der Waals surface area contributed by atoms with Crippen molar-refractivity contribution in [1.82, 2.24) is 25.1 Å². The Morgan fingerprint density at radius 1 is 1.26 bits per heavy atom. The number of halogens is 1. The standard InChI is InChI=1S/C24H34BrN5O5/c1-14(2)19(28-22(32)34-6)21(31)30-13-29(23(33)35-24(3,4)5)12-18(30)20-26-11-17(27-20)15-7-9-16(25)10-8-15/h7-11,14,18-19,21,31H,12-13H2,1-6H3,(H,26,27)(H,28,32)/t18-,19-,21?/m0/s1. The first-order chi connectivity index (χ1) is 16.4. The molecule has 3 N–H and O–H groups in total. The Morgan fingerprint density at radius 3 is 2.49 bits per heavy atom. The van der Waals surface area contributed by atoms with Gasteiger partial charge in [0.05, 0.1) is 37.8 Å². The number of aromatic nitrogens is 2. The van der Waals surface area contributed by atoms with Crippen molar-refractivity contribution in [3.8, 4) is 11.3 Å². The van der Waals surface area contributed by atoms with Crippen LogP contribution in [0.25, 0.3) is 11.3 Å². The number of aliphatic hydroxyl groups excluding tert-OH is 1. The zero-order valence-electron chi connectivity index (χ0n) is 20.9. The van der Waals surface area contributed by atoms with Gasteiger partial charge in [-0.3, -0.25) is 4.90 Å². The molecule has 0 bridgehead atoms. The van der Waals surface area contributed by atoms with Gasteiger partial charge in [-0.15, -0.1) is 0 Å². The quantitative estimate of drug-likeness (QED) is 0.494. The highest BCUT2D eigenvalue weighted by atomic mass is 79.9. The Morgan fingerprint density at radius 2 is 1.91 bits per heavy atom. The van der Waals surface area contributed by atoms with Crippen LogP contribution < -0.4 is 5.32 Å². The van der Waals surface area contributed by atoms with Gasteiger partial charge in [-0.25, -0.2) is 19.5 Å². The number of nitrogens with zero attached hydrogens (tertiary/aromatic N) is 3. The third-order valence-corrected chi connectivity index (χ3v) is 6.22. The van der Waals surface area contributed by atoms with Crippen molar-refractivity contribution in [2.45, 2.75) is 58.5 Å². The van der Waals surface area contributed by atoms with Gasteiger partial charge in [-0.1, -0.05) is 41.9 Å². The molecule has 1 saturated heterocycles. The summed E-state index contributed by atoms with van der Waals surface area (Å²) < 4.78 is 11.3. The van der Waals surface area contributed by atoms with E-state index in [0.29, 0.717) is 5.82 Å². The van der Waals surface area contributed by atoms with Crippen LogP contribution in [0.4, 0.5) is 9.59 Å². The summed E-state index contributed by atoms with van der Waals surface area (Å²) in [5, 5.41) is 14.1. The van der Waals surface area contributed by atoms with E-state index in [4.69, 9.17) is 9.47 Å². The molecule has 2 aromatic rings. The monoisotopic (exact) mass is 551 g/mol. The molecular formula is C24H34BrN5O5. The molecule has 1 aliphatic heterocycles. The summed E-state index contributed by atoms with van der Waals surface area (Å²) in [6.07, 6.45) is -0.518. The highest BCUT2D eigenvalue weighted by Crippen LogP contribution is 2.32. The normalized spacial score (nSPS) is 18.4. The van der Waals surface area contributed by atoms with Gasteiger partial charge in [-0.2, -0.15) is 0 Å². The molecule has 10 nitrogen and oxygen atoms in total. The molecule has 0 aliphatic carbocycles. The van der Waals surface area contributed by atoms with Gasteiger partial charge in [0.25, 0.3) is 0 Å². The zero-order valence-corrected chi connectivity index (χ0v) is 22.5. The molecule has 1 aromatic carbocycles. The first-order valence-electron chi connectivity index (χ1n) is 11.5. The third-order valence-electron chi connectivity index (χ3n) is 5.69. The van der Waals surface area contributed by atoms with Crippen molar-refractivity contribution in [2.24, 2.45) is 5.92 Å². The fraction of sp³-hybridized carbons (Fsp3) is 0.542. The Balaban J connectivity index is 1.91. The van der Waals surface area contributed by atoms with E-state index in [1.54, 1.807) is 31.9 Å². The number of aliphatic hydroxyl groups is 1. The molecule has 3 atom stereocenters. The second-order valence-corrected chi connectivity index (χ2v) is 10.8. The van der Waals surface area contributed by atoms with E-state index in [2.05, 4.69) is 31.2 Å². The van der Waals surface area contributed by atoms with Crippen LogP contribution in [-0.4, -0.2) is 75.3 Å². The average molecular weight is 552 g/mol. The topological polar surface area (TPSA) is 120 Å². The van der Waals surface area contributed by atoms with Crippen molar-refractivity contribution in [2.75, 3.05) is 20.3 Å². The number of H-pyrrole nitrogens is 1. The Hall–Kier alpha value is -2.63. The van der Waals surface area contributed by atoms with Crippen LogP contribution in [0.5, 0.6) is 0 Å². The Kier molecular flexibility index (Phi) is 8.45. The summed E-state index contributed by atoms with van der Waals surface area (Å²) >= 11 is 3.44. The van der Waals surface area contributed by atoms with E-state index < -0.39 is 36.1 Å². The number of alkyl carbamates (subject to hydrolysis) is 1. The number of amides is 2. The second kappa shape index (κ2) is 11.0. The number of carbonyl (C=O) groups is 2. The average Bonchev–Trinajstić information content (AvgIpc) is 3.43. The second-order valence-electron chi connectivity index (χ2n) is 9.88. The summed E-state index contributed by atoms with van der Waals surface area (Å²) in [7, 11) is 1.27. The maximum Gasteiger partial charge on any atom is 0.411 e. The van der Waals surface area contributed by atoms with Crippen LogP contribution in [0.2, 0.25) is 0 Å². The summed E-state index contributed by atoms with van der Waals surface area (Å²) in [5.74, 6) is 0.476. The maximum absolute atomic E-state index is 12.9. The highest BCUT2D eigenvalue weighted by molar-refractivity contribution is 9.10. The van der Waals surface area contributed by atoms with Gasteiger partial charge < -0.3 is 24.9 Å². The molecule has 0 radical (unpaired) electrons. The molecule has 1 aliphatic rings. The molecular weight excluding hydrogens is 518 g/mol. The van der Waals surface area contributed by atoms with E-state index in [1.807, 2.05) is 38.1 Å². The lowest BCUT2D eigenvalue weighted by Crippen LogP contribution is -2.54. The van der Waals surface area contributed by atoms with Gasteiger partial charge in [0, 0.05) is 11.0 Å².